The Balaban J connectivity index is 2.35. The Morgan fingerprint density at radius 1 is 1.20 bits per heavy atom. The van der Waals surface area contributed by atoms with Gasteiger partial charge >= 0.3 is 0 Å². The summed E-state index contributed by atoms with van der Waals surface area (Å²) < 4.78 is 14.2. The van der Waals surface area contributed by atoms with Gasteiger partial charge in [-0.15, -0.1) is 0 Å². The molecule has 3 heteroatoms. The van der Waals surface area contributed by atoms with Crippen LogP contribution in [0.3, 0.4) is 0 Å². The summed E-state index contributed by atoms with van der Waals surface area (Å²) in [5, 5.41) is 3.40. The summed E-state index contributed by atoms with van der Waals surface area (Å²) >= 11 is 0. The van der Waals surface area contributed by atoms with E-state index >= 15 is 0 Å². The molecule has 2 nitrogen and oxygen atoms in total. The Bertz CT molecular complexity index is 554. The third-order valence-corrected chi connectivity index (χ3v) is 3.65. The summed E-state index contributed by atoms with van der Waals surface area (Å²) in [5.41, 5.74) is 2.82. The molecule has 0 aliphatic carbocycles. The lowest BCUT2D eigenvalue weighted by Gasteiger charge is -2.26. The van der Waals surface area contributed by atoms with Crippen molar-refractivity contribution in [3.63, 3.8) is 0 Å². The minimum Gasteiger partial charge on any atom is -0.310 e. The van der Waals surface area contributed by atoms with Gasteiger partial charge in [-0.25, -0.2) is 4.39 Å². The summed E-state index contributed by atoms with van der Waals surface area (Å²) in [6.45, 7) is 6.86. The quantitative estimate of drug-likeness (QED) is 0.890. The van der Waals surface area contributed by atoms with Crippen LogP contribution in [0.1, 0.15) is 42.5 Å². The van der Waals surface area contributed by atoms with E-state index < -0.39 is 0 Å². The van der Waals surface area contributed by atoms with Gasteiger partial charge in [-0.1, -0.05) is 26.0 Å². The van der Waals surface area contributed by atoms with Gasteiger partial charge in [0.05, 0.1) is 0 Å². The fourth-order valence-electron chi connectivity index (χ4n) is 2.52. The molecule has 2 atom stereocenters. The minimum atomic E-state index is -0.142. The standard InChI is InChI=1S/C17H21FN2/c1-4-20-17(13(3)14-7-9-19-10-8-14)15-6-5-12(2)11-16(15)18/h5-11,13,17,20H,4H2,1-3H3. The van der Waals surface area contributed by atoms with E-state index in [2.05, 4.69) is 17.2 Å². The lowest BCUT2D eigenvalue weighted by Crippen LogP contribution is -2.26. The van der Waals surface area contributed by atoms with Gasteiger partial charge in [0.1, 0.15) is 5.82 Å². The first-order valence-electron chi connectivity index (χ1n) is 7.02. The van der Waals surface area contributed by atoms with Gasteiger partial charge in [0.15, 0.2) is 0 Å². The van der Waals surface area contributed by atoms with E-state index in [1.807, 2.05) is 38.1 Å². The van der Waals surface area contributed by atoms with Crippen LogP contribution < -0.4 is 5.32 Å². The highest BCUT2D eigenvalue weighted by Crippen LogP contribution is 2.32. The molecule has 0 amide bonds. The summed E-state index contributed by atoms with van der Waals surface area (Å²) in [6.07, 6.45) is 3.56. The van der Waals surface area contributed by atoms with E-state index in [9.17, 15) is 4.39 Å². The molecule has 20 heavy (non-hydrogen) atoms. The lowest BCUT2D eigenvalue weighted by atomic mass is 9.88. The first kappa shape index (κ1) is 14.7. The van der Waals surface area contributed by atoms with Crippen LogP contribution >= 0.6 is 0 Å². The van der Waals surface area contributed by atoms with E-state index in [1.165, 1.54) is 0 Å². The van der Waals surface area contributed by atoms with Gasteiger partial charge in [0, 0.05) is 29.9 Å². The topological polar surface area (TPSA) is 24.9 Å². The Morgan fingerprint density at radius 3 is 2.50 bits per heavy atom. The second-order valence-corrected chi connectivity index (χ2v) is 5.13. The number of likely N-dealkylation sites (N-methyl/N-ethyl adjacent to an activating group) is 1. The van der Waals surface area contributed by atoms with E-state index in [0.29, 0.717) is 0 Å². The van der Waals surface area contributed by atoms with Crippen molar-refractivity contribution >= 4 is 0 Å². The zero-order valence-corrected chi connectivity index (χ0v) is 12.2. The van der Waals surface area contributed by atoms with Gasteiger partial charge in [-0.2, -0.15) is 0 Å². The Labute approximate surface area is 120 Å². The van der Waals surface area contributed by atoms with Crippen LogP contribution in [0.4, 0.5) is 4.39 Å². The molecule has 1 heterocycles. The maximum absolute atomic E-state index is 14.2. The largest absolute Gasteiger partial charge is 0.310 e. The molecule has 1 N–H and O–H groups in total. The van der Waals surface area contributed by atoms with Crippen molar-refractivity contribution < 1.29 is 4.39 Å². The normalized spacial score (nSPS) is 14.0. The zero-order chi connectivity index (χ0) is 14.5. The van der Waals surface area contributed by atoms with Crippen LogP contribution in [0.5, 0.6) is 0 Å². The van der Waals surface area contributed by atoms with Crippen LogP contribution in [-0.2, 0) is 0 Å². The number of aryl methyl sites for hydroxylation is 1. The Hall–Kier alpha value is -1.74. The number of aromatic nitrogens is 1. The van der Waals surface area contributed by atoms with Crippen LogP contribution in [0.25, 0.3) is 0 Å². The number of hydrogen-bond acceptors (Lipinski definition) is 2. The first-order chi connectivity index (χ1) is 9.63. The molecule has 0 aliphatic rings. The van der Waals surface area contributed by atoms with Crippen LogP contribution in [0, 0.1) is 12.7 Å². The minimum absolute atomic E-state index is 0.0389. The van der Waals surface area contributed by atoms with E-state index in [-0.39, 0.29) is 17.8 Å². The number of nitrogens with zero attached hydrogens (tertiary/aromatic N) is 1. The van der Waals surface area contributed by atoms with E-state index in [4.69, 9.17) is 0 Å². The molecule has 106 valence electrons. The SMILES string of the molecule is CCNC(c1ccc(C)cc1F)C(C)c1ccncc1. The molecule has 0 fully saturated rings. The fourth-order valence-corrected chi connectivity index (χ4v) is 2.52. The van der Waals surface area contributed by atoms with Crippen LogP contribution in [-0.4, -0.2) is 11.5 Å². The van der Waals surface area contributed by atoms with Gasteiger partial charge in [-0.05, 0) is 42.8 Å². The zero-order valence-electron chi connectivity index (χ0n) is 12.2. The second kappa shape index (κ2) is 6.62. The molecule has 2 rings (SSSR count). The molecule has 0 spiro atoms. The predicted octanol–water partition coefficient (Wildman–Crippen LogP) is 3.98. The van der Waals surface area contributed by atoms with Crippen molar-refractivity contribution in [1.29, 1.82) is 0 Å². The van der Waals surface area contributed by atoms with E-state index in [1.54, 1.807) is 18.5 Å². The van der Waals surface area contributed by atoms with Crippen molar-refractivity contribution in [2.24, 2.45) is 0 Å². The predicted molar refractivity (Wildman–Crippen MR) is 80.2 cm³/mol. The second-order valence-electron chi connectivity index (χ2n) is 5.13. The number of halogens is 1. The van der Waals surface area contributed by atoms with Crippen molar-refractivity contribution in [3.05, 3.63) is 65.2 Å². The molecule has 1 aromatic carbocycles. The van der Waals surface area contributed by atoms with Crippen molar-refractivity contribution in [3.8, 4) is 0 Å². The summed E-state index contributed by atoms with van der Waals surface area (Å²) in [4.78, 5) is 4.04. The van der Waals surface area contributed by atoms with Gasteiger partial charge in [0.2, 0.25) is 0 Å². The average molecular weight is 272 g/mol. The number of hydrogen-bond donors (Lipinski definition) is 1. The smallest absolute Gasteiger partial charge is 0.128 e. The number of rotatable bonds is 5. The summed E-state index contributed by atoms with van der Waals surface area (Å²) in [7, 11) is 0. The molecule has 0 bridgehead atoms. The summed E-state index contributed by atoms with van der Waals surface area (Å²) in [6, 6.07) is 9.38. The summed E-state index contributed by atoms with van der Waals surface area (Å²) in [5.74, 6) is 0.0343. The molecule has 2 aromatic rings. The van der Waals surface area contributed by atoms with Gasteiger partial charge in [0.25, 0.3) is 0 Å². The molecule has 1 aromatic heterocycles. The lowest BCUT2D eigenvalue weighted by molar-refractivity contribution is 0.455. The highest BCUT2D eigenvalue weighted by Gasteiger charge is 2.22. The third-order valence-electron chi connectivity index (χ3n) is 3.65. The number of pyridine rings is 1. The Kier molecular flexibility index (Phi) is 4.85. The van der Waals surface area contributed by atoms with Gasteiger partial charge in [-0.3, -0.25) is 4.98 Å². The van der Waals surface area contributed by atoms with Crippen molar-refractivity contribution in [1.82, 2.24) is 10.3 Å². The maximum Gasteiger partial charge on any atom is 0.128 e. The molecular weight excluding hydrogens is 251 g/mol. The average Bonchev–Trinajstić information content (AvgIpc) is 2.46. The van der Waals surface area contributed by atoms with Crippen molar-refractivity contribution in [2.75, 3.05) is 6.54 Å². The van der Waals surface area contributed by atoms with E-state index in [0.717, 1.165) is 23.2 Å². The first-order valence-corrected chi connectivity index (χ1v) is 7.02. The highest BCUT2D eigenvalue weighted by atomic mass is 19.1. The highest BCUT2D eigenvalue weighted by molar-refractivity contribution is 5.30. The maximum atomic E-state index is 14.2. The van der Waals surface area contributed by atoms with Crippen LogP contribution in [0.2, 0.25) is 0 Å². The number of benzene rings is 1. The fraction of sp³-hybridized carbons (Fsp3) is 0.353. The molecular formula is C17H21FN2. The molecule has 0 radical (unpaired) electrons. The molecule has 2 unspecified atom stereocenters. The third kappa shape index (κ3) is 3.23. The molecule has 0 aliphatic heterocycles. The van der Waals surface area contributed by atoms with Gasteiger partial charge < -0.3 is 5.32 Å². The monoisotopic (exact) mass is 272 g/mol. The number of nitrogens with one attached hydrogen (secondary N) is 1. The Morgan fingerprint density at radius 2 is 1.90 bits per heavy atom. The molecule has 0 saturated carbocycles. The van der Waals surface area contributed by atoms with Crippen molar-refractivity contribution in [2.45, 2.75) is 32.7 Å². The molecule has 0 saturated heterocycles. The van der Waals surface area contributed by atoms with Crippen LogP contribution in [0.15, 0.2) is 42.7 Å².